The van der Waals surface area contributed by atoms with Gasteiger partial charge in [-0.2, -0.15) is 5.26 Å². The summed E-state index contributed by atoms with van der Waals surface area (Å²) in [6.45, 7) is 6.57. The maximum absolute atomic E-state index is 12.8. The Morgan fingerprint density at radius 3 is 2.76 bits per heavy atom. The Morgan fingerprint density at radius 1 is 1.44 bits per heavy atom. The van der Waals surface area contributed by atoms with Crippen molar-refractivity contribution in [2.24, 2.45) is 0 Å². The van der Waals surface area contributed by atoms with Crippen molar-refractivity contribution in [3.63, 3.8) is 0 Å². The molecule has 1 aromatic rings. The predicted molar refractivity (Wildman–Crippen MR) is 92.7 cm³/mol. The van der Waals surface area contributed by atoms with E-state index >= 15 is 0 Å². The maximum Gasteiger partial charge on any atom is 0.270 e. The van der Waals surface area contributed by atoms with Gasteiger partial charge in [0, 0.05) is 32.9 Å². The molecule has 1 heterocycles. The predicted octanol–water partition coefficient (Wildman–Crippen LogP) is 1.85. The van der Waals surface area contributed by atoms with Crippen LogP contribution in [0.15, 0.2) is 12.1 Å². The fraction of sp³-hybridized carbons (Fsp3) is 0.500. The van der Waals surface area contributed by atoms with Crippen LogP contribution in [0.2, 0.25) is 0 Å². The van der Waals surface area contributed by atoms with Gasteiger partial charge in [0.1, 0.15) is 11.8 Å². The van der Waals surface area contributed by atoms with Crippen LogP contribution in [0.3, 0.4) is 0 Å². The van der Waals surface area contributed by atoms with E-state index in [9.17, 15) is 14.9 Å². The summed E-state index contributed by atoms with van der Waals surface area (Å²) in [5.41, 5.74) is -0.0942. The molecule has 0 radical (unpaired) electrons. The SMILES string of the molecule is CCNC(=O)c1cc2c(cc1C#N)OC(C)(C)C(=O)N2CCCOC. The third-order valence-electron chi connectivity index (χ3n) is 3.95. The van der Waals surface area contributed by atoms with Crippen LogP contribution in [0.4, 0.5) is 5.69 Å². The lowest BCUT2D eigenvalue weighted by Gasteiger charge is -2.39. The molecule has 2 rings (SSSR count). The van der Waals surface area contributed by atoms with Gasteiger partial charge in [-0.05, 0) is 33.3 Å². The van der Waals surface area contributed by atoms with E-state index in [2.05, 4.69) is 5.32 Å². The summed E-state index contributed by atoms with van der Waals surface area (Å²) in [4.78, 5) is 26.6. The van der Waals surface area contributed by atoms with E-state index in [1.807, 2.05) is 6.07 Å². The molecule has 1 aliphatic rings. The van der Waals surface area contributed by atoms with Gasteiger partial charge in [0.05, 0.1) is 16.8 Å². The minimum absolute atomic E-state index is 0.192. The minimum atomic E-state index is -1.04. The summed E-state index contributed by atoms with van der Waals surface area (Å²) in [5, 5.41) is 12.1. The topological polar surface area (TPSA) is 91.7 Å². The summed E-state index contributed by atoms with van der Waals surface area (Å²) >= 11 is 0. The van der Waals surface area contributed by atoms with Gasteiger partial charge >= 0.3 is 0 Å². The van der Waals surface area contributed by atoms with Crippen molar-refractivity contribution in [1.29, 1.82) is 5.26 Å². The number of hydrogen-bond acceptors (Lipinski definition) is 5. The summed E-state index contributed by atoms with van der Waals surface area (Å²) in [7, 11) is 1.60. The number of nitriles is 1. The summed E-state index contributed by atoms with van der Waals surface area (Å²) in [6, 6.07) is 5.11. The molecule has 1 aromatic carbocycles. The number of nitrogens with zero attached hydrogens (tertiary/aromatic N) is 2. The fourth-order valence-electron chi connectivity index (χ4n) is 2.74. The number of carbonyl (C=O) groups excluding carboxylic acids is 2. The van der Waals surface area contributed by atoms with Crippen LogP contribution in [0.25, 0.3) is 0 Å². The number of anilines is 1. The van der Waals surface area contributed by atoms with E-state index in [0.29, 0.717) is 37.6 Å². The summed E-state index contributed by atoms with van der Waals surface area (Å²) in [5.74, 6) is -0.120. The first-order chi connectivity index (χ1) is 11.9. The average molecular weight is 345 g/mol. The number of rotatable bonds is 6. The Hall–Kier alpha value is -2.59. The molecular formula is C18H23N3O4. The molecule has 0 bridgehead atoms. The zero-order valence-electron chi connectivity index (χ0n) is 15.0. The second-order valence-corrected chi connectivity index (χ2v) is 6.25. The third kappa shape index (κ3) is 3.74. The molecule has 0 aliphatic carbocycles. The molecule has 1 N–H and O–H groups in total. The third-order valence-corrected chi connectivity index (χ3v) is 3.95. The van der Waals surface area contributed by atoms with Crippen molar-refractivity contribution in [3.05, 3.63) is 23.3 Å². The molecule has 0 spiro atoms. The monoisotopic (exact) mass is 345 g/mol. The average Bonchev–Trinajstić information content (AvgIpc) is 2.57. The van der Waals surface area contributed by atoms with Crippen molar-refractivity contribution in [2.75, 3.05) is 31.7 Å². The molecular weight excluding hydrogens is 322 g/mol. The zero-order valence-corrected chi connectivity index (χ0v) is 15.0. The molecule has 2 amide bonds. The number of amides is 2. The van der Waals surface area contributed by atoms with E-state index < -0.39 is 5.60 Å². The highest BCUT2D eigenvalue weighted by atomic mass is 16.5. The molecule has 25 heavy (non-hydrogen) atoms. The van der Waals surface area contributed by atoms with E-state index in [-0.39, 0.29) is 22.9 Å². The van der Waals surface area contributed by atoms with E-state index in [4.69, 9.17) is 9.47 Å². The Labute approximate surface area is 147 Å². The first-order valence-electron chi connectivity index (χ1n) is 8.22. The minimum Gasteiger partial charge on any atom is -0.476 e. The summed E-state index contributed by atoms with van der Waals surface area (Å²) in [6.07, 6.45) is 0.647. The lowest BCUT2D eigenvalue weighted by Crippen LogP contribution is -2.53. The highest BCUT2D eigenvalue weighted by Crippen LogP contribution is 2.39. The smallest absolute Gasteiger partial charge is 0.270 e. The van der Waals surface area contributed by atoms with Crippen LogP contribution in [0.5, 0.6) is 5.75 Å². The Bertz CT molecular complexity index is 722. The van der Waals surface area contributed by atoms with Gasteiger partial charge in [-0.25, -0.2) is 0 Å². The molecule has 0 unspecified atom stereocenters. The van der Waals surface area contributed by atoms with Crippen molar-refractivity contribution in [1.82, 2.24) is 5.32 Å². The molecule has 0 atom stereocenters. The largest absolute Gasteiger partial charge is 0.476 e. The highest BCUT2D eigenvalue weighted by Gasteiger charge is 2.41. The number of methoxy groups -OCH3 is 1. The first-order valence-corrected chi connectivity index (χ1v) is 8.22. The number of carbonyl (C=O) groups is 2. The molecule has 134 valence electrons. The van der Waals surface area contributed by atoms with Crippen LogP contribution in [-0.2, 0) is 9.53 Å². The molecule has 7 nitrogen and oxygen atoms in total. The van der Waals surface area contributed by atoms with Gasteiger partial charge in [0.2, 0.25) is 0 Å². The van der Waals surface area contributed by atoms with Crippen LogP contribution in [0.1, 0.15) is 43.1 Å². The van der Waals surface area contributed by atoms with Gasteiger partial charge in [-0.1, -0.05) is 0 Å². The highest BCUT2D eigenvalue weighted by molar-refractivity contribution is 6.05. The number of fused-ring (bicyclic) bond motifs is 1. The molecule has 0 saturated carbocycles. The lowest BCUT2D eigenvalue weighted by molar-refractivity contribution is -0.132. The molecule has 0 fully saturated rings. The van der Waals surface area contributed by atoms with Crippen molar-refractivity contribution in [3.8, 4) is 11.8 Å². The van der Waals surface area contributed by atoms with Gasteiger partial charge in [0.15, 0.2) is 5.60 Å². The van der Waals surface area contributed by atoms with Crippen LogP contribution >= 0.6 is 0 Å². The quantitative estimate of drug-likeness (QED) is 0.795. The van der Waals surface area contributed by atoms with Gasteiger partial charge in [-0.15, -0.1) is 0 Å². The van der Waals surface area contributed by atoms with Gasteiger partial charge in [-0.3, -0.25) is 9.59 Å². The molecule has 0 saturated heterocycles. The zero-order chi connectivity index (χ0) is 18.6. The van der Waals surface area contributed by atoms with Crippen molar-refractivity contribution >= 4 is 17.5 Å². The Balaban J connectivity index is 2.52. The number of benzene rings is 1. The summed E-state index contributed by atoms with van der Waals surface area (Å²) < 4.78 is 10.9. The Kier molecular flexibility index (Phi) is 5.65. The van der Waals surface area contributed by atoms with E-state index in [1.54, 1.807) is 38.8 Å². The molecule has 0 aromatic heterocycles. The standard InChI is InChI=1S/C18H23N3O4/c1-5-20-16(22)13-10-14-15(9-12(13)11-19)25-18(2,3)17(23)21(14)7-6-8-24-4/h9-10H,5-8H2,1-4H3,(H,20,22). The normalized spacial score (nSPS) is 15.2. The number of ether oxygens (including phenoxy) is 2. The Morgan fingerprint density at radius 2 is 2.16 bits per heavy atom. The number of nitrogens with one attached hydrogen (secondary N) is 1. The van der Waals surface area contributed by atoms with Crippen molar-refractivity contribution < 1.29 is 19.1 Å². The molecule has 7 heteroatoms. The fourth-order valence-corrected chi connectivity index (χ4v) is 2.74. The van der Waals surface area contributed by atoms with Gasteiger partial charge in [0.25, 0.3) is 11.8 Å². The van der Waals surface area contributed by atoms with E-state index in [1.165, 1.54) is 6.07 Å². The van der Waals surface area contributed by atoms with Crippen LogP contribution < -0.4 is 15.0 Å². The van der Waals surface area contributed by atoms with E-state index in [0.717, 1.165) is 0 Å². The van der Waals surface area contributed by atoms with Crippen molar-refractivity contribution in [2.45, 2.75) is 32.8 Å². The number of hydrogen-bond donors (Lipinski definition) is 1. The van der Waals surface area contributed by atoms with Crippen LogP contribution in [0, 0.1) is 11.3 Å². The second-order valence-electron chi connectivity index (χ2n) is 6.25. The lowest BCUT2D eigenvalue weighted by atomic mass is 9.99. The first kappa shape index (κ1) is 18.7. The second kappa shape index (κ2) is 7.53. The molecule has 1 aliphatic heterocycles. The van der Waals surface area contributed by atoms with Gasteiger partial charge < -0.3 is 19.7 Å². The maximum atomic E-state index is 12.8. The van der Waals surface area contributed by atoms with Crippen LogP contribution in [-0.4, -0.2) is 44.2 Å².